The fraction of sp³-hybridized carbons (Fsp3) is 0.650. The van der Waals surface area contributed by atoms with Gasteiger partial charge in [0.1, 0.15) is 6.29 Å². The molecule has 2 nitrogen and oxygen atoms in total. The van der Waals surface area contributed by atoms with Crippen LogP contribution in [0.4, 0.5) is 0 Å². The average molecular weight is 333 g/mol. The molecule has 1 saturated carbocycles. The smallest absolute Gasteiger partial charge is 0.192 e. The van der Waals surface area contributed by atoms with Crippen molar-refractivity contribution in [3.05, 3.63) is 35.9 Å². The van der Waals surface area contributed by atoms with E-state index in [2.05, 4.69) is 64.2 Å². The van der Waals surface area contributed by atoms with Gasteiger partial charge in [0, 0.05) is 6.42 Å². The van der Waals surface area contributed by atoms with Gasteiger partial charge in [-0.2, -0.15) is 0 Å². The summed E-state index contributed by atoms with van der Waals surface area (Å²) >= 11 is 0. The maximum absolute atomic E-state index is 11.3. The Kier molecular flexibility index (Phi) is 5.52. The van der Waals surface area contributed by atoms with Gasteiger partial charge in [0.2, 0.25) is 0 Å². The third kappa shape index (κ3) is 4.33. The van der Waals surface area contributed by atoms with Gasteiger partial charge >= 0.3 is 0 Å². The lowest BCUT2D eigenvalue weighted by molar-refractivity contribution is -0.113. The highest BCUT2D eigenvalue weighted by Crippen LogP contribution is 2.46. The van der Waals surface area contributed by atoms with Crippen molar-refractivity contribution in [3.63, 3.8) is 0 Å². The van der Waals surface area contributed by atoms with E-state index in [-0.39, 0.29) is 10.6 Å². The van der Waals surface area contributed by atoms with Crippen LogP contribution in [0.25, 0.3) is 0 Å². The van der Waals surface area contributed by atoms with Crippen LogP contribution in [-0.2, 0) is 9.22 Å². The highest BCUT2D eigenvalue weighted by atomic mass is 28.4. The minimum Gasteiger partial charge on any atom is -0.411 e. The van der Waals surface area contributed by atoms with Crippen molar-refractivity contribution in [1.29, 1.82) is 0 Å². The highest BCUT2D eigenvalue weighted by molar-refractivity contribution is 6.74. The van der Waals surface area contributed by atoms with Crippen LogP contribution in [0, 0.1) is 0 Å². The van der Waals surface area contributed by atoms with Gasteiger partial charge in [0.15, 0.2) is 8.32 Å². The number of hydrogen-bond donors (Lipinski definition) is 0. The zero-order chi connectivity index (χ0) is 17.1. The van der Waals surface area contributed by atoms with E-state index in [1.54, 1.807) is 0 Å². The van der Waals surface area contributed by atoms with Crippen molar-refractivity contribution < 1.29 is 9.22 Å². The van der Waals surface area contributed by atoms with E-state index < -0.39 is 8.32 Å². The first-order valence-corrected chi connectivity index (χ1v) is 11.8. The molecule has 0 heterocycles. The molecule has 0 aliphatic heterocycles. The first kappa shape index (κ1) is 18.4. The number of rotatable bonds is 5. The third-order valence-electron chi connectivity index (χ3n) is 5.90. The minimum absolute atomic E-state index is 0.180. The molecule has 0 amide bonds. The number of carbonyl (C=O) groups is 1. The van der Waals surface area contributed by atoms with Crippen LogP contribution in [0.3, 0.4) is 0 Å². The second-order valence-electron chi connectivity index (χ2n) is 8.60. The van der Waals surface area contributed by atoms with Gasteiger partial charge < -0.3 is 9.22 Å². The van der Waals surface area contributed by atoms with Crippen molar-refractivity contribution in [3.8, 4) is 0 Å². The Hall–Kier alpha value is -0.933. The van der Waals surface area contributed by atoms with Gasteiger partial charge in [0.05, 0.1) is 5.60 Å². The van der Waals surface area contributed by atoms with Crippen LogP contribution in [0.1, 0.15) is 64.4 Å². The summed E-state index contributed by atoms with van der Waals surface area (Å²) in [6.07, 6.45) is 5.84. The molecule has 3 heteroatoms. The molecule has 0 atom stereocenters. The molecule has 1 aliphatic rings. The Morgan fingerprint density at radius 2 is 1.74 bits per heavy atom. The van der Waals surface area contributed by atoms with Crippen molar-refractivity contribution in [2.45, 2.75) is 82.5 Å². The first-order valence-electron chi connectivity index (χ1n) is 8.88. The summed E-state index contributed by atoms with van der Waals surface area (Å²) in [5.41, 5.74) is 1.20. The summed E-state index contributed by atoms with van der Waals surface area (Å²) in [5.74, 6) is 0.610. The monoisotopic (exact) mass is 332 g/mol. The molecule has 1 aromatic carbocycles. The molecule has 0 N–H and O–H groups in total. The summed E-state index contributed by atoms with van der Waals surface area (Å²) in [7, 11) is -1.86. The van der Waals surface area contributed by atoms with Crippen LogP contribution >= 0.6 is 0 Å². The molecule has 0 saturated heterocycles. The Balaban J connectivity index is 2.11. The van der Waals surface area contributed by atoms with Crippen molar-refractivity contribution >= 4 is 14.6 Å². The summed E-state index contributed by atoms with van der Waals surface area (Å²) in [6.45, 7) is 11.4. The molecule has 1 aromatic rings. The quantitative estimate of drug-likeness (QED) is 0.511. The van der Waals surface area contributed by atoms with E-state index in [1.807, 2.05) is 0 Å². The number of aldehydes is 1. The molecule has 0 unspecified atom stereocenters. The van der Waals surface area contributed by atoms with Crippen LogP contribution in [0.2, 0.25) is 18.1 Å². The zero-order valence-electron chi connectivity index (χ0n) is 15.4. The molecule has 0 aromatic heterocycles. The molecule has 23 heavy (non-hydrogen) atoms. The van der Waals surface area contributed by atoms with E-state index in [4.69, 9.17) is 4.43 Å². The molecular formula is C20H32O2Si. The summed E-state index contributed by atoms with van der Waals surface area (Å²) in [6, 6.07) is 10.8. The van der Waals surface area contributed by atoms with Crippen LogP contribution in [-0.4, -0.2) is 20.2 Å². The van der Waals surface area contributed by atoms with E-state index in [9.17, 15) is 4.79 Å². The van der Waals surface area contributed by atoms with Crippen molar-refractivity contribution in [2.75, 3.05) is 0 Å². The molecule has 0 radical (unpaired) electrons. The number of hydrogen-bond acceptors (Lipinski definition) is 2. The lowest BCUT2D eigenvalue weighted by Crippen LogP contribution is -2.51. The zero-order valence-corrected chi connectivity index (χ0v) is 16.4. The van der Waals surface area contributed by atoms with Gasteiger partial charge in [-0.3, -0.25) is 0 Å². The lowest BCUT2D eigenvalue weighted by atomic mass is 9.75. The molecule has 0 spiro atoms. The normalized spacial score (nSPS) is 26.0. The Bertz CT molecular complexity index is 508. The fourth-order valence-corrected chi connectivity index (χ4v) is 5.07. The summed E-state index contributed by atoms with van der Waals surface area (Å²) in [5, 5.41) is 0.180. The van der Waals surface area contributed by atoms with E-state index >= 15 is 0 Å². The Morgan fingerprint density at radius 3 is 2.22 bits per heavy atom. The third-order valence-corrected chi connectivity index (χ3v) is 10.5. The highest BCUT2D eigenvalue weighted by Gasteiger charge is 2.46. The van der Waals surface area contributed by atoms with E-state index in [0.29, 0.717) is 12.3 Å². The molecule has 2 rings (SSSR count). The number of carbonyl (C=O) groups excluding carboxylic acids is 1. The lowest BCUT2D eigenvalue weighted by Gasteiger charge is -2.48. The molecule has 0 bridgehead atoms. The largest absolute Gasteiger partial charge is 0.411 e. The van der Waals surface area contributed by atoms with Gasteiger partial charge in [0.25, 0.3) is 0 Å². The van der Waals surface area contributed by atoms with Crippen LogP contribution in [0.15, 0.2) is 30.3 Å². The topological polar surface area (TPSA) is 26.3 Å². The van der Waals surface area contributed by atoms with E-state index in [1.165, 1.54) is 5.56 Å². The maximum atomic E-state index is 11.3. The second-order valence-corrected chi connectivity index (χ2v) is 13.3. The average Bonchev–Trinajstić information content (AvgIpc) is 2.47. The van der Waals surface area contributed by atoms with E-state index in [0.717, 1.165) is 32.0 Å². The number of benzene rings is 1. The molecule has 1 aliphatic carbocycles. The molecule has 128 valence electrons. The van der Waals surface area contributed by atoms with Gasteiger partial charge in [-0.25, -0.2) is 0 Å². The Labute approximate surface area is 142 Å². The van der Waals surface area contributed by atoms with Crippen LogP contribution in [0.5, 0.6) is 0 Å². The Morgan fingerprint density at radius 1 is 1.17 bits per heavy atom. The van der Waals surface area contributed by atoms with Crippen LogP contribution < -0.4 is 0 Å². The fourth-order valence-electron chi connectivity index (χ4n) is 3.40. The van der Waals surface area contributed by atoms with Gasteiger partial charge in [-0.15, -0.1) is 0 Å². The van der Waals surface area contributed by atoms with Gasteiger partial charge in [-0.05, 0) is 55.3 Å². The summed E-state index contributed by atoms with van der Waals surface area (Å²) < 4.78 is 6.76. The summed E-state index contributed by atoms with van der Waals surface area (Å²) in [4.78, 5) is 11.3. The standard InChI is InChI=1S/C20H32O2Si/c1-19(2,3)23(4,5)22-20(15-16-21)13-11-18(12-14-20)17-9-7-6-8-10-17/h6-10,16,18H,11-15H2,1-5H3/t18-,20-. The van der Waals surface area contributed by atoms with Crippen molar-refractivity contribution in [2.24, 2.45) is 0 Å². The predicted molar refractivity (Wildman–Crippen MR) is 99.3 cm³/mol. The SMILES string of the molecule is CC(C)(C)[Si](C)(C)O[C@]1(CC=O)CC[C@@H](c2ccccc2)CC1. The molecular weight excluding hydrogens is 300 g/mol. The first-order chi connectivity index (χ1) is 10.7. The minimum atomic E-state index is -1.86. The van der Waals surface area contributed by atoms with Crippen molar-refractivity contribution in [1.82, 2.24) is 0 Å². The maximum Gasteiger partial charge on any atom is 0.192 e. The van der Waals surface area contributed by atoms with Gasteiger partial charge in [-0.1, -0.05) is 51.1 Å². The predicted octanol–water partition coefficient (Wildman–Crippen LogP) is 5.69. The second kappa shape index (κ2) is 6.90. The molecule has 1 fully saturated rings.